The molecule has 1 aliphatic heterocycles. The summed E-state index contributed by atoms with van der Waals surface area (Å²) in [5, 5.41) is 14.3. The standard InChI is InChI=1S/C17H24N4OS/c1-12-10-15(23-3)4-5-16(12)21-20-13(2)17(22)19-11-14-6-8-18-9-7-14/h4-5,10,14,18H,2,6-9,11H2,1,3H3,(H,19,22). The molecule has 0 radical (unpaired) electrons. The van der Waals surface area contributed by atoms with Crippen molar-refractivity contribution in [1.29, 1.82) is 0 Å². The van der Waals surface area contributed by atoms with Crippen molar-refractivity contribution in [2.75, 3.05) is 25.9 Å². The fourth-order valence-electron chi connectivity index (χ4n) is 2.45. The Hall–Kier alpha value is -1.66. The van der Waals surface area contributed by atoms with Crippen LogP contribution in [-0.4, -0.2) is 31.8 Å². The van der Waals surface area contributed by atoms with Crippen molar-refractivity contribution in [2.45, 2.75) is 24.7 Å². The number of thioether (sulfide) groups is 1. The zero-order valence-electron chi connectivity index (χ0n) is 13.8. The summed E-state index contributed by atoms with van der Waals surface area (Å²) >= 11 is 1.68. The Balaban J connectivity index is 1.86. The average Bonchev–Trinajstić information content (AvgIpc) is 2.59. The summed E-state index contributed by atoms with van der Waals surface area (Å²) in [6.45, 7) is 8.41. The van der Waals surface area contributed by atoms with Gasteiger partial charge in [0.2, 0.25) is 0 Å². The number of rotatable bonds is 6. The van der Waals surface area contributed by atoms with Gasteiger partial charge in [0.05, 0.1) is 5.69 Å². The molecule has 0 aliphatic carbocycles. The molecular weight excluding hydrogens is 308 g/mol. The van der Waals surface area contributed by atoms with E-state index in [4.69, 9.17) is 0 Å². The lowest BCUT2D eigenvalue weighted by Crippen LogP contribution is -2.36. The van der Waals surface area contributed by atoms with Crippen LogP contribution in [0.4, 0.5) is 5.69 Å². The van der Waals surface area contributed by atoms with Crippen molar-refractivity contribution in [3.8, 4) is 0 Å². The van der Waals surface area contributed by atoms with Gasteiger partial charge in [0, 0.05) is 11.4 Å². The van der Waals surface area contributed by atoms with Gasteiger partial charge in [-0.05, 0) is 68.8 Å². The molecule has 1 aromatic carbocycles. The number of carbonyl (C=O) groups is 1. The highest BCUT2D eigenvalue weighted by Gasteiger charge is 2.14. The number of azo groups is 1. The van der Waals surface area contributed by atoms with E-state index in [2.05, 4.69) is 33.5 Å². The molecule has 1 aliphatic rings. The van der Waals surface area contributed by atoms with Crippen LogP contribution in [0.1, 0.15) is 18.4 Å². The molecule has 0 bridgehead atoms. The highest BCUT2D eigenvalue weighted by molar-refractivity contribution is 7.98. The molecule has 1 fully saturated rings. The number of aryl methyl sites for hydroxylation is 1. The zero-order valence-corrected chi connectivity index (χ0v) is 14.6. The van der Waals surface area contributed by atoms with Crippen LogP contribution in [0.3, 0.4) is 0 Å². The summed E-state index contributed by atoms with van der Waals surface area (Å²) in [5.74, 6) is 0.289. The SMILES string of the molecule is C=C(N=Nc1ccc(SC)cc1C)C(=O)NCC1CCNCC1. The Morgan fingerprint density at radius 2 is 2.17 bits per heavy atom. The molecule has 2 rings (SSSR count). The quantitative estimate of drug-likeness (QED) is 0.476. The van der Waals surface area contributed by atoms with Crippen molar-refractivity contribution in [3.05, 3.63) is 36.0 Å². The van der Waals surface area contributed by atoms with Crippen LogP contribution in [0.5, 0.6) is 0 Å². The predicted octanol–water partition coefficient (Wildman–Crippen LogP) is 3.43. The van der Waals surface area contributed by atoms with Crippen LogP contribution < -0.4 is 10.6 Å². The van der Waals surface area contributed by atoms with Gasteiger partial charge in [-0.2, -0.15) is 5.11 Å². The average molecular weight is 332 g/mol. The van der Waals surface area contributed by atoms with Crippen LogP contribution in [-0.2, 0) is 4.79 Å². The molecule has 1 aromatic rings. The van der Waals surface area contributed by atoms with E-state index < -0.39 is 0 Å². The van der Waals surface area contributed by atoms with E-state index >= 15 is 0 Å². The third-order valence-corrected chi connectivity index (χ3v) is 4.68. The van der Waals surface area contributed by atoms with E-state index in [1.165, 1.54) is 4.90 Å². The van der Waals surface area contributed by atoms with Crippen LogP contribution >= 0.6 is 11.8 Å². The number of carbonyl (C=O) groups excluding carboxylic acids is 1. The van der Waals surface area contributed by atoms with Gasteiger partial charge in [-0.1, -0.05) is 6.58 Å². The van der Waals surface area contributed by atoms with Crippen LogP contribution in [0, 0.1) is 12.8 Å². The minimum Gasteiger partial charge on any atom is -0.350 e. The first-order valence-corrected chi connectivity index (χ1v) is 9.07. The fraction of sp³-hybridized carbons (Fsp3) is 0.471. The maximum Gasteiger partial charge on any atom is 0.271 e. The largest absolute Gasteiger partial charge is 0.350 e. The maximum absolute atomic E-state index is 12.0. The Kier molecular flexibility index (Phi) is 6.80. The molecule has 0 aromatic heterocycles. The number of nitrogens with one attached hydrogen (secondary N) is 2. The van der Waals surface area contributed by atoms with Gasteiger partial charge in [-0.25, -0.2) is 0 Å². The summed E-state index contributed by atoms with van der Waals surface area (Å²) in [4.78, 5) is 13.2. The number of amides is 1. The first-order valence-electron chi connectivity index (χ1n) is 7.84. The van der Waals surface area contributed by atoms with Gasteiger partial charge in [0.25, 0.3) is 5.91 Å². The summed E-state index contributed by atoms with van der Waals surface area (Å²) in [6.07, 6.45) is 4.22. The highest BCUT2D eigenvalue weighted by Crippen LogP contribution is 2.25. The number of benzene rings is 1. The van der Waals surface area contributed by atoms with E-state index in [1.54, 1.807) is 11.8 Å². The molecule has 1 heterocycles. The number of hydrogen-bond donors (Lipinski definition) is 2. The maximum atomic E-state index is 12.0. The van der Waals surface area contributed by atoms with Gasteiger partial charge in [-0.15, -0.1) is 16.9 Å². The molecular formula is C17H24N4OS. The summed E-state index contributed by atoms with van der Waals surface area (Å²) in [6, 6.07) is 5.95. The molecule has 0 atom stereocenters. The predicted molar refractivity (Wildman–Crippen MR) is 95.2 cm³/mol. The minimum absolute atomic E-state index is 0.146. The molecule has 0 unspecified atom stereocenters. The Morgan fingerprint density at radius 3 is 2.83 bits per heavy atom. The molecule has 6 heteroatoms. The van der Waals surface area contributed by atoms with E-state index in [0.29, 0.717) is 12.5 Å². The highest BCUT2D eigenvalue weighted by atomic mass is 32.2. The second-order valence-corrected chi connectivity index (χ2v) is 6.58. The Morgan fingerprint density at radius 1 is 1.43 bits per heavy atom. The lowest BCUT2D eigenvalue weighted by atomic mass is 9.98. The summed E-state index contributed by atoms with van der Waals surface area (Å²) < 4.78 is 0. The molecule has 5 nitrogen and oxygen atoms in total. The van der Waals surface area contributed by atoms with E-state index in [1.807, 2.05) is 25.3 Å². The molecule has 1 amide bonds. The lowest BCUT2D eigenvalue weighted by molar-refractivity contribution is -0.117. The monoisotopic (exact) mass is 332 g/mol. The second-order valence-electron chi connectivity index (χ2n) is 5.70. The zero-order chi connectivity index (χ0) is 16.7. The number of nitrogens with zero attached hydrogens (tertiary/aromatic N) is 2. The summed E-state index contributed by atoms with van der Waals surface area (Å²) in [5.41, 5.74) is 1.94. The first kappa shape index (κ1) is 17.7. The van der Waals surface area contributed by atoms with Gasteiger partial charge in [0.15, 0.2) is 0 Å². The van der Waals surface area contributed by atoms with E-state index in [0.717, 1.165) is 37.2 Å². The van der Waals surface area contributed by atoms with Gasteiger partial charge >= 0.3 is 0 Å². The van der Waals surface area contributed by atoms with Crippen molar-refractivity contribution in [1.82, 2.24) is 10.6 Å². The van der Waals surface area contributed by atoms with Crippen molar-refractivity contribution >= 4 is 23.4 Å². The normalized spacial score (nSPS) is 15.7. The smallest absolute Gasteiger partial charge is 0.271 e. The number of piperidine rings is 1. The van der Waals surface area contributed by atoms with Gasteiger partial charge in [-0.3, -0.25) is 4.79 Å². The van der Waals surface area contributed by atoms with E-state index in [9.17, 15) is 4.79 Å². The second kappa shape index (κ2) is 8.84. The molecule has 2 N–H and O–H groups in total. The van der Waals surface area contributed by atoms with Gasteiger partial charge in [0.1, 0.15) is 5.70 Å². The topological polar surface area (TPSA) is 65.8 Å². The molecule has 0 saturated carbocycles. The fourth-order valence-corrected chi connectivity index (χ4v) is 2.95. The van der Waals surface area contributed by atoms with Crippen LogP contribution in [0.25, 0.3) is 0 Å². The summed E-state index contributed by atoms with van der Waals surface area (Å²) in [7, 11) is 0. The van der Waals surface area contributed by atoms with Crippen molar-refractivity contribution in [2.24, 2.45) is 16.1 Å². The van der Waals surface area contributed by atoms with Crippen molar-refractivity contribution < 1.29 is 4.79 Å². The lowest BCUT2D eigenvalue weighted by Gasteiger charge is -2.22. The first-order chi connectivity index (χ1) is 11.1. The molecule has 1 saturated heterocycles. The third-order valence-electron chi connectivity index (χ3n) is 3.95. The van der Waals surface area contributed by atoms with E-state index in [-0.39, 0.29) is 11.6 Å². The van der Waals surface area contributed by atoms with Crippen LogP contribution in [0.2, 0.25) is 0 Å². The minimum atomic E-state index is -0.245. The molecule has 124 valence electrons. The van der Waals surface area contributed by atoms with Crippen LogP contribution in [0.15, 0.2) is 45.6 Å². The molecule has 0 spiro atoms. The molecule has 23 heavy (non-hydrogen) atoms. The number of hydrogen-bond acceptors (Lipinski definition) is 5. The Bertz CT molecular complexity index is 594. The van der Waals surface area contributed by atoms with Gasteiger partial charge < -0.3 is 10.6 Å². The Labute approximate surface area is 142 Å². The third kappa shape index (κ3) is 5.48. The van der Waals surface area contributed by atoms with Crippen molar-refractivity contribution in [3.63, 3.8) is 0 Å².